The lowest BCUT2D eigenvalue weighted by atomic mass is 10.1. The van der Waals surface area contributed by atoms with E-state index in [1.54, 1.807) is 6.07 Å². The highest BCUT2D eigenvalue weighted by Crippen LogP contribution is 2.26. The summed E-state index contributed by atoms with van der Waals surface area (Å²) in [6, 6.07) is 4.37. The Morgan fingerprint density at radius 3 is 2.73 bits per heavy atom. The molecule has 0 radical (unpaired) electrons. The number of hydrogen-bond acceptors (Lipinski definition) is 4. The van der Waals surface area contributed by atoms with Gasteiger partial charge in [-0.15, -0.1) is 0 Å². The van der Waals surface area contributed by atoms with Crippen molar-refractivity contribution in [2.24, 2.45) is 0 Å². The molecule has 15 heavy (non-hydrogen) atoms. The highest BCUT2D eigenvalue weighted by molar-refractivity contribution is 5.78. The molecule has 1 N–H and O–H groups in total. The van der Waals surface area contributed by atoms with Crippen molar-refractivity contribution in [3.8, 4) is 5.75 Å². The summed E-state index contributed by atoms with van der Waals surface area (Å²) in [6.45, 7) is 1.46. The summed E-state index contributed by atoms with van der Waals surface area (Å²) in [5.74, 6) is -0.194. The fourth-order valence-corrected chi connectivity index (χ4v) is 1.21. The van der Waals surface area contributed by atoms with Gasteiger partial charge >= 0.3 is 5.69 Å². The van der Waals surface area contributed by atoms with Crippen molar-refractivity contribution in [1.82, 2.24) is 0 Å². The van der Waals surface area contributed by atoms with E-state index in [0.29, 0.717) is 5.56 Å². The van der Waals surface area contributed by atoms with Crippen molar-refractivity contribution in [1.29, 1.82) is 0 Å². The second kappa shape index (κ2) is 4.54. The van der Waals surface area contributed by atoms with E-state index in [-0.39, 0.29) is 28.6 Å². The highest BCUT2D eigenvalue weighted by atomic mass is 16.8. The Labute approximate surface area is 86.8 Å². The summed E-state index contributed by atoms with van der Waals surface area (Å²) < 4.78 is 0. The van der Waals surface area contributed by atoms with E-state index in [9.17, 15) is 14.8 Å². The van der Waals surface area contributed by atoms with Gasteiger partial charge in [0.15, 0.2) is 12.9 Å². The molecule has 1 aromatic rings. The molecule has 0 spiro atoms. The van der Waals surface area contributed by atoms with Gasteiger partial charge in [-0.05, 0) is 18.6 Å². The average Bonchev–Trinajstić information content (AvgIpc) is 2.19. The summed E-state index contributed by atoms with van der Waals surface area (Å²) in [5.41, 5.74) is 0.657. The zero-order valence-corrected chi connectivity index (χ0v) is 8.56. The molecular weight excluding hydrogens is 198 g/mol. The molecule has 0 aromatic heterocycles. The molecule has 0 atom stereocenters. The van der Waals surface area contributed by atoms with Crippen LogP contribution in [-0.4, -0.2) is 22.9 Å². The monoisotopic (exact) mass is 210 g/mol. The van der Waals surface area contributed by atoms with Crippen molar-refractivity contribution in [2.45, 2.75) is 13.3 Å². The Morgan fingerprint density at radius 1 is 1.53 bits per heavy atom. The average molecular weight is 210 g/mol. The zero-order chi connectivity index (χ0) is 11.4. The smallest absolute Gasteiger partial charge is 0.358 e. The molecule has 80 valence electrons. The van der Waals surface area contributed by atoms with Crippen LogP contribution in [0, 0.1) is 4.91 Å². The van der Waals surface area contributed by atoms with E-state index in [2.05, 4.69) is 4.84 Å². The number of ketones is 1. The molecule has 5 heteroatoms. The number of aromatic hydroxyl groups is 1. The molecule has 0 unspecified atom stereocenters. The molecule has 0 saturated heterocycles. The quantitative estimate of drug-likeness (QED) is 0.764. The summed E-state index contributed by atoms with van der Waals surface area (Å²) in [5, 5.41) is 9.36. The first kappa shape index (κ1) is 11.2. The van der Waals surface area contributed by atoms with Gasteiger partial charge in [-0.2, -0.15) is 0 Å². The Balaban J connectivity index is 3.05. The van der Waals surface area contributed by atoms with Crippen molar-refractivity contribution >= 4 is 11.5 Å². The van der Waals surface area contributed by atoms with Crippen LogP contribution in [-0.2, 0) is 16.1 Å². The van der Waals surface area contributed by atoms with Crippen molar-refractivity contribution < 1.29 is 19.7 Å². The Kier molecular flexibility index (Phi) is 3.38. The predicted molar refractivity (Wildman–Crippen MR) is 52.8 cm³/mol. The van der Waals surface area contributed by atoms with Gasteiger partial charge in [-0.3, -0.25) is 4.79 Å². The van der Waals surface area contributed by atoms with Crippen molar-refractivity contribution in [2.75, 3.05) is 7.11 Å². The van der Waals surface area contributed by atoms with E-state index < -0.39 is 0 Å². The van der Waals surface area contributed by atoms with E-state index in [1.165, 1.54) is 26.2 Å². The molecule has 0 bridgehead atoms. The van der Waals surface area contributed by atoms with Crippen LogP contribution in [0.4, 0.5) is 5.69 Å². The number of rotatable bonds is 4. The van der Waals surface area contributed by atoms with Gasteiger partial charge in [-0.25, -0.2) is 4.84 Å². The maximum atomic E-state index is 11.1. The van der Waals surface area contributed by atoms with Gasteiger partial charge in [0.05, 0.1) is 4.91 Å². The molecule has 0 heterocycles. The molecule has 0 amide bonds. The van der Waals surface area contributed by atoms with Gasteiger partial charge in [0, 0.05) is 12.5 Å². The molecular formula is C10H12NO4+. The van der Waals surface area contributed by atoms with Crippen LogP contribution in [0.3, 0.4) is 0 Å². The number of nitrogens with zero attached hydrogens (tertiary/aromatic N) is 1. The SMILES string of the molecule is CO[N+](=O)c1cc(CC(C)=O)ccc1O. The Hall–Kier alpha value is -1.91. The number of hydrogen-bond donors (Lipinski definition) is 1. The lowest BCUT2D eigenvalue weighted by molar-refractivity contribution is -0.736. The molecule has 5 nitrogen and oxygen atoms in total. The summed E-state index contributed by atoms with van der Waals surface area (Å²) in [7, 11) is 1.20. The lowest BCUT2D eigenvalue weighted by Gasteiger charge is -1.98. The normalized spacial score (nSPS) is 9.73. The molecule has 0 fully saturated rings. The standard InChI is InChI=1S/C10H11NO4/c1-7(12)5-8-3-4-10(13)9(6-8)11(14)15-2/h3-4,6H,5H2,1-2H3/p+1. The number of carbonyl (C=O) groups excluding carboxylic acids is 1. The minimum atomic E-state index is -0.181. The second-order valence-corrected chi connectivity index (χ2v) is 3.14. The van der Waals surface area contributed by atoms with Crippen LogP contribution in [0.25, 0.3) is 0 Å². The van der Waals surface area contributed by atoms with Gasteiger partial charge in [-0.1, -0.05) is 6.07 Å². The van der Waals surface area contributed by atoms with Crippen LogP contribution in [0.15, 0.2) is 18.2 Å². The molecule has 0 saturated carbocycles. The second-order valence-electron chi connectivity index (χ2n) is 3.14. The number of phenolic OH excluding ortho intramolecular Hbond substituents is 1. The predicted octanol–water partition coefficient (Wildman–Crippen LogP) is 1.50. The first-order valence-corrected chi connectivity index (χ1v) is 4.37. The van der Waals surface area contributed by atoms with E-state index >= 15 is 0 Å². The van der Waals surface area contributed by atoms with Crippen LogP contribution >= 0.6 is 0 Å². The lowest BCUT2D eigenvalue weighted by Crippen LogP contribution is -2.01. The van der Waals surface area contributed by atoms with E-state index in [0.717, 1.165) is 0 Å². The number of phenols is 1. The summed E-state index contributed by atoms with van der Waals surface area (Å²) in [6.07, 6.45) is 0.227. The Bertz CT molecular complexity index is 400. The first-order valence-electron chi connectivity index (χ1n) is 4.37. The maximum Gasteiger partial charge on any atom is 0.358 e. The van der Waals surface area contributed by atoms with Gasteiger partial charge in [0.2, 0.25) is 0 Å². The molecule has 0 aliphatic heterocycles. The van der Waals surface area contributed by atoms with Gasteiger partial charge in [0.1, 0.15) is 5.78 Å². The third kappa shape index (κ3) is 2.77. The molecule has 0 aliphatic carbocycles. The van der Waals surface area contributed by atoms with Crippen LogP contribution < -0.4 is 0 Å². The third-order valence-corrected chi connectivity index (χ3v) is 1.86. The molecule has 1 aromatic carbocycles. The fourth-order valence-electron chi connectivity index (χ4n) is 1.21. The minimum Gasteiger partial charge on any atom is -0.502 e. The van der Waals surface area contributed by atoms with Gasteiger partial charge < -0.3 is 5.11 Å². The number of benzene rings is 1. The summed E-state index contributed by atoms with van der Waals surface area (Å²) >= 11 is 0. The van der Waals surface area contributed by atoms with Crippen LogP contribution in [0.1, 0.15) is 12.5 Å². The topological polar surface area (TPSA) is 66.6 Å². The Morgan fingerprint density at radius 2 is 2.20 bits per heavy atom. The van der Waals surface area contributed by atoms with Gasteiger partial charge in [0.25, 0.3) is 4.92 Å². The molecule has 0 aliphatic rings. The maximum absolute atomic E-state index is 11.1. The van der Waals surface area contributed by atoms with Crippen LogP contribution in [0.2, 0.25) is 0 Å². The largest absolute Gasteiger partial charge is 0.502 e. The van der Waals surface area contributed by atoms with Crippen molar-refractivity contribution in [3.63, 3.8) is 0 Å². The zero-order valence-electron chi connectivity index (χ0n) is 8.56. The third-order valence-electron chi connectivity index (χ3n) is 1.86. The highest BCUT2D eigenvalue weighted by Gasteiger charge is 2.21. The number of carbonyl (C=O) groups is 1. The minimum absolute atomic E-state index is 0.00347. The van der Waals surface area contributed by atoms with Crippen LogP contribution in [0.5, 0.6) is 5.75 Å². The summed E-state index contributed by atoms with van der Waals surface area (Å²) in [4.78, 5) is 26.6. The van der Waals surface area contributed by atoms with E-state index in [1.807, 2.05) is 0 Å². The van der Waals surface area contributed by atoms with E-state index in [4.69, 9.17) is 0 Å². The number of Topliss-reactive ketones (excluding diaryl/α,β-unsaturated/α-hetero) is 1. The molecule has 1 rings (SSSR count). The first-order chi connectivity index (χ1) is 7.04. The van der Waals surface area contributed by atoms with Crippen molar-refractivity contribution in [3.05, 3.63) is 28.7 Å². The fraction of sp³-hybridized carbons (Fsp3) is 0.300.